The Morgan fingerprint density at radius 1 is 0.579 bits per heavy atom. The van der Waals surface area contributed by atoms with Crippen molar-refractivity contribution in [3.63, 3.8) is 0 Å². The van der Waals surface area contributed by atoms with E-state index in [1.807, 2.05) is 0 Å². The molecule has 0 spiro atoms. The second-order valence-electron chi connectivity index (χ2n) is 5.75. The van der Waals surface area contributed by atoms with Gasteiger partial charge in [-0.15, -0.1) is 0 Å². The lowest BCUT2D eigenvalue weighted by Gasteiger charge is -2.21. The maximum absolute atomic E-state index is 4.25. The van der Waals surface area contributed by atoms with Crippen molar-refractivity contribution in [2.24, 2.45) is 0 Å². The zero-order chi connectivity index (χ0) is 14.2. The molecular weight excluding hydrogens is 250 g/mol. The Balaban J connectivity index is 3.40. The molecule has 0 N–H and O–H groups in total. The molecule has 0 saturated heterocycles. The summed E-state index contributed by atoms with van der Waals surface area (Å²) in [5, 5.41) is 0. The highest BCUT2D eigenvalue weighted by molar-refractivity contribution is 7.80. The second-order valence-corrected chi connectivity index (χ2v) is 6.19. The Kier molecular flexibility index (Phi) is 16.6. The molecule has 0 atom stereocenters. The molecule has 0 heterocycles. The van der Waals surface area contributed by atoms with Crippen LogP contribution >= 0.6 is 12.6 Å². The van der Waals surface area contributed by atoms with Crippen LogP contribution in [0.25, 0.3) is 0 Å². The topological polar surface area (TPSA) is 3.24 Å². The van der Waals surface area contributed by atoms with Gasteiger partial charge in [0.25, 0.3) is 0 Å². The molecule has 0 aliphatic rings. The first kappa shape index (κ1) is 19.3. The number of nitrogens with zero attached hydrogens (tertiary/aromatic N) is 1. The summed E-state index contributed by atoms with van der Waals surface area (Å²) in [4.78, 5) is 2.69. The van der Waals surface area contributed by atoms with Crippen molar-refractivity contribution in [3.8, 4) is 0 Å². The van der Waals surface area contributed by atoms with E-state index in [0.717, 1.165) is 5.75 Å². The fraction of sp³-hybridized carbons (Fsp3) is 1.00. The van der Waals surface area contributed by atoms with Gasteiger partial charge in [0.15, 0.2) is 0 Å². The van der Waals surface area contributed by atoms with Gasteiger partial charge in [-0.3, -0.25) is 0 Å². The molecule has 0 aromatic rings. The first-order valence-electron chi connectivity index (χ1n) is 8.68. The fourth-order valence-corrected chi connectivity index (χ4v) is 2.65. The highest BCUT2D eigenvalue weighted by Crippen LogP contribution is 2.09. The molecule has 1 nitrogen and oxygen atoms in total. The van der Waals surface area contributed by atoms with Gasteiger partial charge < -0.3 is 4.90 Å². The van der Waals surface area contributed by atoms with Crippen molar-refractivity contribution in [1.29, 1.82) is 0 Å². The minimum atomic E-state index is 1.06. The van der Waals surface area contributed by atoms with E-state index in [-0.39, 0.29) is 0 Å². The zero-order valence-electron chi connectivity index (χ0n) is 13.5. The highest BCUT2D eigenvalue weighted by Gasteiger charge is 2.03. The largest absolute Gasteiger partial charge is 0.303 e. The van der Waals surface area contributed by atoms with Crippen LogP contribution in [0.4, 0.5) is 0 Å². The summed E-state index contributed by atoms with van der Waals surface area (Å²) in [7, 11) is 0. The second kappa shape index (κ2) is 16.4. The Morgan fingerprint density at radius 2 is 1.00 bits per heavy atom. The minimum absolute atomic E-state index is 1.06. The minimum Gasteiger partial charge on any atom is -0.303 e. The monoisotopic (exact) mass is 287 g/mol. The molecule has 0 saturated carbocycles. The number of hydrogen-bond acceptors (Lipinski definition) is 2. The molecule has 0 aromatic carbocycles. The van der Waals surface area contributed by atoms with Crippen LogP contribution in [0.1, 0.15) is 84.5 Å². The van der Waals surface area contributed by atoms with Crippen LogP contribution in [0.15, 0.2) is 0 Å². The summed E-state index contributed by atoms with van der Waals surface area (Å²) in [6.45, 7) is 8.55. The molecule has 0 fully saturated rings. The SMILES string of the molecule is CCCCN(CCCC)CCCCCCCCCS. The summed E-state index contributed by atoms with van der Waals surface area (Å²) in [5.74, 6) is 1.06. The van der Waals surface area contributed by atoms with Gasteiger partial charge in [0, 0.05) is 0 Å². The van der Waals surface area contributed by atoms with E-state index in [9.17, 15) is 0 Å². The van der Waals surface area contributed by atoms with Crippen LogP contribution in [-0.2, 0) is 0 Å². The molecular formula is C17H37NS. The first-order valence-corrected chi connectivity index (χ1v) is 9.31. The average molecular weight is 288 g/mol. The Bertz CT molecular complexity index is 153. The lowest BCUT2D eigenvalue weighted by atomic mass is 10.1. The van der Waals surface area contributed by atoms with Gasteiger partial charge in [-0.05, 0) is 51.1 Å². The molecule has 116 valence electrons. The molecule has 19 heavy (non-hydrogen) atoms. The van der Waals surface area contributed by atoms with E-state index in [4.69, 9.17) is 0 Å². The van der Waals surface area contributed by atoms with Gasteiger partial charge in [-0.25, -0.2) is 0 Å². The Labute approximate surface area is 127 Å². The molecule has 0 rings (SSSR count). The van der Waals surface area contributed by atoms with Crippen molar-refractivity contribution in [1.82, 2.24) is 4.90 Å². The van der Waals surface area contributed by atoms with Gasteiger partial charge in [0.1, 0.15) is 0 Å². The van der Waals surface area contributed by atoms with Crippen LogP contribution in [0.2, 0.25) is 0 Å². The van der Waals surface area contributed by atoms with E-state index >= 15 is 0 Å². The summed E-state index contributed by atoms with van der Waals surface area (Å²) in [6.07, 6.45) is 15.2. The van der Waals surface area contributed by atoms with Gasteiger partial charge >= 0.3 is 0 Å². The van der Waals surface area contributed by atoms with Gasteiger partial charge in [0.05, 0.1) is 0 Å². The quantitative estimate of drug-likeness (QED) is 0.305. The standard InChI is InChI=1S/C17H37NS/c1-3-5-14-18(15-6-4-2)16-12-10-8-7-9-11-13-17-19/h19H,3-17H2,1-2H3. The molecule has 0 aromatic heterocycles. The number of thiol groups is 1. The van der Waals surface area contributed by atoms with Crippen LogP contribution < -0.4 is 0 Å². The van der Waals surface area contributed by atoms with Crippen LogP contribution in [0.5, 0.6) is 0 Å². The predicted octanol–water partition coefficient (Wildman–Crippen LogP) is 5.55. The third kappa shape index (κ3) is 14.5. The number of rotatable bonds is 15. The molecule has 0 bridgehead atoms. The molecule has 0 amide bonds. The third-order valence-electron chi connectivity index (χ3n) is 3.79. The third-order valence-corrected chi connectivity index (χ3v) is 4.10. The zero-order valence-corrected chi connectivity index (χ0v) is 14.4. The van der Waals surface area contributed by atoms with Crippen LogP contribution in [0, 0.1) is 0 Å². The Morgan fingerprint density at radius 3 is 1.47 bits per heavy atom. The summed E-state index contributed by atoms with van der Waals surface area (Å²) < 4.78 is 0. The maximum atomic E-state index is 4.25. The lowest BCUT2D eigenvalue weighted by molar-refractivity contribution is 0.259. The first-order chi connectivity index (χ1) is 9.35. The van der Waals surface area contributed by atoms with Crippen LogP contribution in [0.3, 0.4) is 0 Å². The van der Waals surface area contributed by atoms with Crippen molar-refractivity contribution >= 4 is 12.6 Å². The average Bonchev–Trinajstić information content (AvgIpc) is 2.43. The smallest absolute Gasteiger partial charge is 0.00187 e. The van der Waals surface area contributed by atoms with E-state index < -0.39 is 0 Å². The lowest BCUT2D eigenvalue weighted by Crippen LogP contribution is -2.27. The molecule has 0 radical (unpaired) electrons. The molecule has 0 unspecified atom stereocenters. The fourth-order valence-electron chi connectivity index (χ4n) is 2.43. The number of unbranched alkanes of at least 4 members (excludes halogenated alkanes) is 8. The normalized spacial score (nSPS) is 11.4. The van der Waals surface area contributed by atoms with E-state index in [0.29, 0.717) is 0 Å². The van der Waals surface area contributed by atoms with Crippen LogP contribution in [-0.4, -0.2) is 30.3 Å². The highest BCUT2D eigenvalue weighted by atomic mass is 32.1. The maximum Gasteiger partial charge on any atom is -0.00187 e. The predicted molar refractivity (Wildman–Crippen MR) is 92.4 cm³/mol. The molecule has 0 aliphatic heterocycles. The summed E-state index contributed by atoms with van der Waals surface area (Å²) in [6, 6.07) is 0. The summed E-state index contributed by atoms with van der Waals surface area (Å²) in [5.41, 5.74) is 0. The van der Waals surface area contributed by atoms with Gasteiger partial charge in [-0.1, -0.05) is 58.8 Å². The van der Waals surface area contributed by atoms with Crippen molar-refractivity contribution in [3.05, 3.63) is 0 Å². The van der Waals surface area contributed by atoms with Gasteiger partial charge in [-0.2, -0.15) is 12.6 Å². The van der Waals surface area contributed by atoms with E-state index in [1.165, 1.54) is 90.3 Å². The van der Waals surface area contributed by atoms with Crippen molar-refractivity contribution < 1.29 is 0 Å². The van der Waals surface area contributed by atoms with E-state index in [1.54, 1.807) is 0 Å². The van der Waals surface area contributed by atoms with Gasteiger partial charge in [0.2, 0.25) is 0 Å². The number of hydrogen-bond donors (Lipinski definition) is 1. The van der Waals surface area contributed by atoms with Crippen molar-refractivity contribution in [2.45, 2.75) is 84.5 Å². The summed E-state index contributed by atoms with van der Waals surface area (Å²) >= 11 is 4.25. The molecule has 0 aliphatic carbocycles. The molecule has 2 heteroatoms. The van der Waals surface area contributed by atoms with E-state index in [2.05, 4.69) is 31.4 Å². The van der Waals surface area contributed by atoms with Crippen molar-refractivity contribution in [2.75, 3.05) is 25.4 Å². The Hall–Kier alpha value is 0.310.